The fourth-order valence-corrected chi connectivity index (χ4v) is 2.47. The lowest BCUT2D eigenvalue weighted by Gasteiger charge is -2.14. The summed E-state index contributed by atoms with van der Waals surface area (Å²) in [6, 6.07) is 0. The Kier molecular flexibility index (Phi) is 7.87. The summed E-state index contributed by atoms with van der Waals surface area (Å²) in [6.45, 7) is 11.0. The van der Waals surface area contributed by atoms with Gasteiger partial charge in [0.15, 0.2) is 0 Å². The highest BCUT2D eigenvalue weighted by molar-refractivity contribution is 4.71. The zero-order chi connectivity index (χ0) is 11.6. The predicted octanol–water partition coefficient (Wildman–Crippen LogP) is 2.89. The van der Waals surface area contributed by atoms with E-state index < -0.39 is 0 Å². The van der Waals surface area contributed by atoms with Gasteiger partial charge in [-0.05, 0) is 57.8 Å². The van der Waals surface area contributed by atoms with Crippen molar-refractivity contribution in [3.05, 3.63) is 0 Å². The van der Waals surface area contributed by atoms with Gasteiger partial charge in [0, 0.05) is 6.54 Å². The van der Waals surface area contributed by atoms with E-state index in [0.29, 0.717) is 0 Å². The van der Waals surface area contributed by atoms with Gasteiger partial charge in [-0.15, -0.1) is 0 Å². The Morgan fingerprint density at radius 3 is 2.62 bits per heavy atom. The van der Waals surface area contributed by atoms with E-state index >= 15 is 0 Å². The molecule has 0 aromatic heterocycles. The van der Waals surface area contributed by atoms with Crippen molar-refractivity contribution in [1.29, 1.82) is 0 Å². The molecule has 1 aliphatic heterocycles. The first-order chi connectivity index (χ1) is 7.83. The average Bonchev–Trinajstić information content (AvgIpc) is 2.68. The fourth-order valence-electron chi connectivity index (χ4n) is 2.47. The maximum atomic E-state index is 3.46. The van der Waals surface area contributed by atoms with E-state index in [1.54, 1.807) is 0 Å². The summed E-state index contributed by atoms with van der Waals surface area (Å²) >= 11 is 0. The van der Waals surface area contributed by atoms with E-state index in [1.165, 1.54) is 71.2 Å². The minimum absolute atomic E-state index is 0.943. The Bertz CT molecular complexity index is 159. The first kappa shape index (κ1) is 14.0. The Labute approximate surface area is 102 Å². The Morgan fingerprint density at radius 1 is 1.12 bits per heavy atom. The molecular weight excluding hydrogens is 196 g/mol. The molecule has 0 radical (unpaired) electrons. The van der Waals surface area contributed by atoms with Crippen LogP contribution in [0.1, 0.15) is 52.4 Å². The van der Waals surface area contributed by atoms with Crippen LogP contribution in [0.5, 0.6) is 0 Å². The molecule has 16 heavy (non-hydrogen) atoms. The molecule has 1 fully saturated rings. The zero-order valence-corrected chi connectivity index (χ0v) is 11.3. The van der Waals surface area contributed by atoms with Gasteiger partial charge in [0.05, 0.1) is 0 Å². The SMILES string of the molecule is CCCNCCCCCCN1CCC(C)C1. The van der Waals surface area contributed by atoms with E-state index in [9.17, 15) is 0 Å². The van der Waals surface area contributed by atoms with Crippen molar-refractivity contribution >= 4 is 0 Å². The van der Waals surface area contributed by atoms with Gasteiger partial charge in [-0.2, -0.15) is 0 Å². The summed E-state index contributed by atoms with van der Waals surface area (Å²) in [5.41, 5.74) is 0. The van der Waals surface area contributed by atoms with Crippen molar-refractivity contribution in [3.63, 3.8) is 0 Å². The molecule has 0 aromatic carbocycles. The molecule has 1 rings (SSSR count). The largest absolute Gasteiger partial charge is 0.317 e. The topological polar surface area (TPSA) is 15.3 Å². The summed E-state index contributed by atoms with van der Waals surface area (Å²) in [5, 5.41) is 3.46. The van der Waals surface area contributed by atoms with Crippen molar-refractivity contribution in [1.82, 2.24) is 10.2 Å². The highest BCUT2D eigenvalue weighted by Gasteiger charge is 2.17. The number of hydrogen-bond acceptors (Lipinski definition) is 2. The summed E-state index contributed by atoms with van der Waals surface area (Å²) in [6.07, 6.45) is 8.25. The maximum absolute atomic E-state index is 3.46. The third kappa shape index (κ3) is 6.49. The molecule has 1 heterocycles. The quantitative estimate of drug-likeness (QED) is 0.608. The van der Waals surface area contributed by atoms with Crippen LogP contribution in [0.25, 0.3) is 0 Å². The molecule has 0 aliphatic carbocycles. The smallest absolute Gasteiger partial charge is 0.000750 e. The van der Waals surface area contributed by atoms with Gasteiger partial charge in [0.1, 0.15) is 0 Å². The van der Waals surface area contributed by atoms with Crippen LogP contribution in [0.3, 0.4) is 0 Å². The highest BCUT2D eigenvalue weighted by Crippen LogP contribution is 2.15. The summed E-state index contributed by atoms with van der Waals surface area (Å²) in [5.74, 6) is 0.943. The number of hydrogen-bond donors (Lipinski definition) is 1. The number of nitrogens with zero attached hydrogens (tertiary/aromatic N) is 1. The van der Waals surface area contributed by atoms with Gasteiger partial charge < -0.3 is 10.2 Å². The van der Waals surface area contributed by atoms with Crippen molar-refractivity contribution in [2.45, 2.75) is 52.4 Å². The molecular formula is C14H30N2. The normalized spacial score (nSPS) is 21.8. The third-order valence-corrected chi connectivity index (χ3v) is 3.51. The molecule has 0 spiro atoms. The van der Waals surface area contributed by atoms with Crippen LogP contribution in [0.15, 0.2) is 0 Å². The monoisotopic (exact) mass is 226 g/mol. The van der Waals surface area contributed by atoms with Crippen molar-refractivity contribution in [3.8, 4) is 0 Å². The lowest BCUT2D eigenvalue weighted by molar-refractivity contribution is 0.318. The van der Waals surface area contributed by atoms with Crippen LogP contribution in [-0.4, -0.2) is 37.6 Å². The van der Waals surface area contributed by atoms with Gasteiger partial charge in [-0.1, -0.05) is 26.7 Å². The maximum Gasteiger partial charge on any atom is 0.000750 e. The molecule has 2 nitrogen and oxygen atoms in total. The predicted molar refractivity (Wildman–Crippen MR) is 71.8 cm³/mol. The summed E-state index contributed by atoms with van der Waals surface area (Å²) < 4.78 is 0. The van der Waals surface area contributed by atoms with Crippen molar-refractivity contribution < 1.29 is 0 Å². The number of nitrogens with one attached hydrogen (secondary N) is 1. The van der Waals surface area contributed by atoms with Gasteiger partial charge in [0.2, 0.25) is 0 Å². The van der Waals surface area contributed by atoms with Crippen LogP contribution in [0, 0.1) is 5.92 Å². The zero-order valence-electron chi connectivity index (χ0n) is 11.3. The second kappa shape index (κ2) is 9.00. The van der Waals surface area contributed by atoms with E-state index in [-0.39, 0.29) is 0 Å². The average molecular weight is 226 g/mol. The minimum atomic E-state index is 0.943. The number of unbranched alkanes of at least 4 members (excludes halogenated alkanes) is 3. The molecule has 0 aromatic rings. The molecule has 2 heteroatoms. The van der Waals surface area contributed by atoms with Crippen LogP contribution < -0.4 is 5.32 Å². The summed E-state index contributed by atoms with van der Waals surface area (Å²) in [4.78, 5) is 2.64. The van der Waals surface area contributed by atoms with Crippen molar-refractivity contribution in [2.75, 3.05) is 32.7 Å². The van der Waals surface area contributed by atoms with Crippen LogP contribution in [0.2, 0.25) is 0 Å². The molecule has 1 atom stereocenters. The minimum Gasteiger partial charge on any atom is -0.317 e. The molecule has 0 amide bonds. The van der Waals surface area contributed by atoms with E-state index in [2.05, 4.69) is 24.1 Å². The lowest BCUT2D eigenvalue weighted by atomic mass is 10.2. The second-order valence-corrected chi connectivity index (χ2v) is 5.36. The molecule has 96 valence electrons. The standard InChI is InChI=1S/C14H30N2/c1-3-9-15-10-6-4-5-7-11-16-12-8-14(2)13-16/h14-15H,3-13H2,1-2H3. The first-order valence-corrected chi connectivity index (χ1v) is 7.26. The third-order valence-electron chi connectivity index (χ3n) is 3.51. The Hall–Kier alpha value is -0.0800. The van der Waals surface area contributed by atoms with E-state index in [0.717, 1.165) is 5.92 Å². The lowest BCUT2D eigenvalue weighted by Crippen LogP contribution is -2.21. The molecule has 1 saturated heterocycles. The first-order valence-electron chi connectivity index (χ1n) is 7.26. The summed E-state index contributed by atoms with van der Waals surface area (Å²) in [7, 11) is 0. The molecule has 1 aliphatic rings. The van der Waals surface area contributed by atoms with Gasteiger partial charge in [-0.3, -0.25) is 0 Å². The van der Waals surface area contributed by atoms with Gasteiger partial charge in [-0.25, -0.2) is 0 Å². The van der Waals surface area contributed by atoms with Crippen molar-refractivity contribution in [2.24, 2.45) is 5.92 Å². The van der Waals surface area contributed by atoms with E-state index in [1.807, 2.05) is 0 Å². The number of rotatable bonds is 9. The van der Waals surface area contributed by atoms with Gasteiger partial charge in [0.25, 0.3) is 0 Å². The molecule has 1 N–H and O–H groups in total. The Balaban J connectivity index is 1.78. The fraction of sp³-hybridized carbons (Fsp3) is 1.00. The second-order valence-electron chi connectivity index (χ2n) is 5.36. The van der Waals surface area contributed by atoms with Gasteiger partial charge >= 0.3 is 0 Å². The van der Waals surface area contributed by atoms with Crippen LogP contribution >= 0.6 is 0 Å². The van der Waals surface area contributed by atoms with Crippen LogP contribution in [0.4, 0.5) is 0 Å². The van der Waals surface area contributed by atoms with Crippen LogP contribution in [-0.2, 0) is 0 Å². The Morgan fingerprint density at radius 2 is 1.94 bits per heavy atom. The molecule has 1 unspecified atom stereocenters. The number of likely N-dealkylation sites (tertiary alicyclic amines) is 1. The molecule has 0 saturated carbocycles. The molecule has 0 bridgehead atoms. The van der Waals surface area contributed by atoms with E-state index in [4.69, 9.17) is 0 Å². The highest BCUT2D eigenvalue weighted by atomic mass is 15.1.